The number of nitrogens with zero attached hydrogens (tertiary/aromatic N) is 1. The number of hydrogen-bond acceptors (Lipinski definition) is 6. The third kappa shape index (κ3) is 9.17. The van der Waals surface area contributed by atoms with Crippen LogP contribution in [0, 0.1) is 5.82 Å². The van der Waals surface area contributed by atoms with Crippen molar-refractivity contribution in [2.75, 3.05) is 7.11 Å². The number of benzene rings is 2. The molecule has 9 nitrogen and oxygen atoms in total. The minimum absolute atomic E-state index is 0.0987. The van der Waals surface area contributed by atoms with Crippen molar-refractivity contribution in [3.63, 3.8) is 0 Å². The zero-order valence-corrected chi connectivity index (χ0v) is 22.7. The van der Waals surface area contributed by atoms with Gasteiger partial charge in [-0.3, -0.25) is 14.4 Å². The third-order valence-corrected chi connectivity index (χ3v) is 5.63. The monoisotopic (exact) mass is 529 g/mol. The standard InChI is InChI=1S/C28H36FN3O6/c1-27(2,3)38-26(36)31-22(16-23(33)37-6)24(34)32(18-20-12-14-21(29)15-13-20)28(4,5)25(35)30-17-19-10-8-7-9-11-19/h7-15,22H,16-18H2,1-6H3,(H,30,35)(H,31,36)/t22-/m0/s1. The van der Waals surface area contributed by atoms with Crippen LogP contribution in [0.3, 0.4) is 0 Å². The molecule has 0 heterocycles. The molecule has 10 heteroatoms. The number of hydrogen-bond donors (Lipinski definition) is 2. The summed E-state index contributed by atoms with van der Waals surface area (Å²) in [5.74, 6) is -2.38. The average Bonchev–Trinajstić information content (AvgIpc) is 2.85. The molecule has 0 aliphatic carbocycles. The van der Waals surface area contributed by atoms with Gasteiger partial charge in [-0.25, -0.2) is 9.18 Å². The SMILES string of the molecule is COC(=O)C[C@H](NC(=O)OC(C)(C)C)C(=O)N(Cc1ccc(F)cc1)C(C)(C)C(=O)NCc1ccccc1. The molecule has 38 heavy (non-hydrogen) atoms. The van der Waals surface area contributed by atoms with Gasteiger partial charge >= 0.3 is 12.1 Å². The lowest BCUT2D eigenvalue weighted by atomic mass is 9.97. The highest BCUT2D eigenvalue weighted by Crippen LogP contribution is 2.22. The van der Waals surface area contributed by atoms with Crippen molar-refractivity contribution in [3.05, 3.63) is 71.5 Å². The Bertz CT molecular complexity index is 1110. The Kier molecular flexibility index (Phi) is 10.4. The quantitative estimate of drug-likeness (QED) is 0.454. The predicted molar refractivity (Wildman–Crippen MR) is 139 cm³/mol. The highest BCUT2D eigenvalue weighted by molar-refractivity contribution is 5.95. The first-order valence-electron chi connectivity index (χ1n) is 12.2. The summed E-state index contributed by atoms with van der Waals surface area (Å²) < 4.78 is 23.5. The molecule has 0 unspecified atom stereocenters. The number of esters is 1. The van der Waals surface area contributed by atoms with E-state index in [2.05, 4.69) is 10.6 Å². The number of methoxy groups -OCH3 is 1. The Morgan fingerprint density at radius 1 is 0.921 bits per heavy atom. The molecule has 0 fully saturated rings. The summed E-state index contributed by atoms with van der Waals surface area (Å²) in [5, 5.41) is 5.27. The van der Waals surface area contributed by atoms with Crippen molar-refractivity contribution in [2.45, 2.75) is 71.3 Å². The first kappa shape index (κ1) is 30.3. The van der Waals surface area contributed by atoms with Crippen LogP contribution in [0.4, 0.5) is 9.18 Å². The van der Waals surface area contributed by atoms with Gasteiger partial charge < -0.3 is 25.0 Å². The molecule has 2 aromatic carbocycles. The predicted octanol–water partition coefficient (Wildman–Crippen LogP) is 3.71. The first-order chi connectivity index (χ1) is 17.7. The van der Waals surface area contributed by atoms with Gasteiger partial charge in [0.25, 0.3) is 0 Å². The van der Waals surface area contributed by atoms with E-state index in [1.165, 1.54) is 29.2 Å². The molecule has 0 bridgehead atoms. The number of carbonyl (C=O) groups excluding carboxylic acids is 4. The molecule has 3 amide bonds. The number of rotatable bonds is 10. The second-order valence-electron chi connectivity index (χ2n) is 10.3. The van der Waals surface area contributed by atoms with Gasteiger partial charge in [-0.05, 0) is 57.9 Å². The van der Waals surface area contributed by atoms with Gasteiger partial charge in [0.1, 0.15) is 23.0 Å². The van der Waals surface area contributed by atoms with Gasteiger partial charge in [-0.1, -0.05) is 42.5 Å². The molecule has 2 N–H and O–H groups in total. The molecule has 1 atom stereocenters. The normalized spacial score (nSPS) is 12.2. The molecule has 2 aromatic rings. The zero-order valence-electron chi connectivity index (χ0n) is 22.7. The minimum Gasteiger partial charge on any atom is -0.469 e. The van der Waals surface area contributed by atoms with Gasteiger partial charge in [-0.2, -0.15) is 0 Å². The van der Waals surface area contributed by atoms with Crippen LogP contribution in [0.15, 0.2) is 54.6 Å². The fourth-order valence-corrected chi connectivity index (χ4v) is 3.53. The largest absolute Gasteiger partial charge is 0.469 e. The summed E-state index contributed by atoms with van der Waals surface area (Å²) in [5.41, 5.74) is -0.890. The van der Waals surface area contributed by atoms with E-state index >= 15 is 0 Å². The molecule has 0 radical (unpaired) electrons. The van der Waals surface area contributed by atoms with Crippen molar-refractivity contribution < 1.29 is 33.0 Å². The lowest BCUT2D eigenvalue weighted by Gasteiger charge is -2.39. The first-order valence-corrected chi connectivity index (χ1v) is 12.2. The Morgan fingerprint density at radius 3 is 2.08 bits per heavy atom. The zero-order chi connectivity index (χ0) is 28.5. The summed E-state index contributed by atoms with van der Waals surface area (Å²) in [6, 6.07) is 13.3. The Morgan fingerprint density at radius 2 is 1.53 bits per heavy atom. The van der Waals surface area contributed by atoms with Gasteiger partial charge in [0, 0.05) is 13.1 Å². The molecular weight excluding hydrogens is 493 g/mol. The molecule has 206 valence electrons. The smallest absolute Gasteiger partial charge is 0.408 e. The van der Waals surface area contributed by atoms with Gasteiger partial charge in [0.15, 0.2) is 0 Å². The van der Waals surface area contributed by atoms with Crippen LogP contribution >= 0.6 is 0 Å². The lowest BCUT2D eigenvalue weighted by molar-refractivity contribution is -0.151. The van der Waals surface area contributed by atoms with E-state index in [1.54, 1.807) is 34.6 Å². The summed E-state index contributed by atoms with van der Waals surface area (Å²) >= 11 is 0. The van der Waals surface area contributed by atoms with Gasteiger partial charge in [-0.15, -0.1) is 0 Å². The highest BCUT2D eigenvalue weighted by atomic mass is 19.1. The minimum atomic E-state index is -1.44. The molecular formula is C28H36FN3O6. The number of ether oxygens (including phenoxy) is 2. The van der Waals surface area contributed by atoms with E-state index in [-0.39, 0.29) is 13.1 Å². The second kappa shape index (κ2) is 13.0. The van der Waals surface area contributed by atoms with Crippen molar-refractivity contribution in [2.24, 2.45) is 0 Å². The van der Waals surface area contributed by atoms with E-state index in [0.717, 1.165) is 12.7 Å². The highest BCUT2D eigenvalue weighted by Gasteiger charge is 2.41. The summed E-state index contributed by atoms with van der Waals surface area (Å²) in [6.07, 6.45) is -1.40. The second-order valence-corrected chi connectivity index (χ2v) is 10.3. The fourth-order valence-electron chi connectivity index (χ4n) is 3.53. The number of halogens is 1. The van der Waals surface area contributed by atoms with E-state index in [1.807, 2.05) is 30.3 Å². The molecule has 0 aliphatic rings. The van der Waals surface area contributed by atoms with Crippen LogP contribution in [-0.4, -0.2) is 53.1 Å². The number of nitrogens with one attached hydrogen (secondary N) is 2. The van der Waals surface area contributed by atoms with Crippen LogP contribution in [0.2, 0.25) is 0 Å². The maximum absolute atomic E-state index is 13.9. The van der Waals surface area contributed by atoms with Crippen molar-refractivity contribution in [3.8, 4) is 0 Å². The van der Waals surface area contributed by atoms with E-state index in [9.17, 15) is 23.6 Å². The van der Waals surface area contributed by atoms with E-state index in [4.69, 9.17) is 9.47 Å². The Hall–Kier alpha value is -3.95. The Labute approximate surface area is 222 Å². The van der Waals surface area contributed by atoms with Crippen LogP contribution in [0.25, 0.3) is 0 Å². The van der Waals surface area contributed by atoms with Crippen molar-refractivity contribution in [1.82, 2.24) is 15.5 Å². The van der Waals surface area contributed by atoms with Crippen LogP contribution in [0.5, 0.6) is 0 Å². The van der Waals surface area contributed by atoms with Crippen LogP contribution in [-0.2, 0) is 36.9 Å². The fraction of sp³-hybridized carbons (Fsp3) is 0.429. The number of carbonyl (C=O) groups is 4. The lowest BCUT2D eigenvalue weighted by Crippen LogP contribution is -2.61. The Balaban J connectivity index is 2.39. The molecule has 0 aromatic heterocycles. The summed E-state index contributed by atoms with van der Waals surface area (Å²) in [7, 11) is 1.16. The van der Waals surface area contributed by atoms with E-state index in [0.29, 0.717) is 5.56 Å². The maximum atomic E-state index is 13.9. The topological polar surface area (TPSA) is 114 Å². The summed E-state index contributed by atoms with van der Waals surface area (Å²) in [4.78, 5) is 53.2. The molecule has 0 spiro atoms. The van der Waals surface area contributed by atoms with E-state index < -0.39 is 53.3 Å². The average molecular weight is 530 g/mol. The molecule has 0 saturated heterocycles. The number of alkyl carbamates (subject to hydrolysis) is 1. The molecule has 0 aliphatic heterocycles. The maximum Gasteiger partial charge on any atom is 0.408 e. The molecule has 0 saturated carbocycles. The van der Waals surface area contributed by atoms with Crippen LogP contribution in [0.1, 0.15) is 52.2 Å². The summed E-state index contributed by atoms with van der Waals surface area (Å²) in [6.45, 7) is 8.21. The van der Waals surface area contributed by atoms with Gasteiger partial charge in [0.05, 0.1) is 13.5 Å². The number of amides is 3. The van der Waals surface area contributed by atoms with Crippen molar-refractivity contribution >= 4 is 23.9 Å². The van der Waals surface area contributed by atoms with Crippen LogP contribution < -0.4 is 10.6 Å². The third-order valence-electron chi connectivity index (χ3n) is 5.63. The van der Waals surface area contributed by atoms with Gasteiger partial charge in [0.2, 0.25) is 11.8 Å². The molecule has 2 rings (SSSR count). The van der Waals surface area contributed by atoms with Crippen molar-refractivity contribution in [1.29, 1.82) is 0 Å².